The fourth-order valence-electron chi connectivity index (χ4n) is 4.38. The third-order valence-electron chi connectivity index (χ3n) is 4.68. The average molecular weight is 275 g/mol. The van der Waals surface area contributed by atoms with Gasteiger partial charge in [0, 0.05) is 18.3 Å². The van der Waals surface area contributed by atoms with Gasteiger partial charge in [0.25, 0.3) is 0 Å². The van der Waals surface area contributed by atoms with Crippen LogP contribution < -0.4 is 5.32 Å². The highest BCUT2D eigenvalue weighted by Crippen LogP contribution is 2.46. The van der Waals surface area contributed by atoms with Gasteiger partial charge >= 0.3 is 0 Å². The van der Waals surface area contributed by atoms with Gasteiger partial charge in [0.15, 0.2) is 0 Å². The van der Waals surface area contributed by atoms with Crippen LogP contribution in [0.1, 0.15) is 71.5 Å². The summed E-state index contributed by atoms with van der Waals surface area (Å²) in [4.78, 5) is 4.71. The largest absolute Gasteiger partial charge is 0.353 e. The van der Waals surface area contributed by atoms with Crippen molar-refractivity contribution in [1.29, 1.82) is 0 Å². The Balaban J connectivity index is 1.77. The van der Waals surface area contributed by atoms with Crippen LogP contribution >= 0.6 is 0 Å². The molecule has 0 unspecified atom stereocenters. The van der Waals surface area contributed by atoms with Gasteiger partial charge in [0.1, 0.15) is 0 Å². The second-order valence-corrected chi connectivity index (χ2v) is 8.60. The molecule has 0 spiro atoms. The number of rotatable bonds is 3. The van der Waals surface area contributed by atoms with Gasteiger partial charge in [0.2, 0.25) is 5.95 Å². The molecule has 0 amide bonds. The predicted molar refractivity (Wildman–Crippen MR) is 84.1 cm³/mol. The Bertz CT molecular complexity index is 478. The Labute approximate surface area is 123 Å². The van der Waals surface area contributed by atoms with Gasteiger partial charge in [-0.1, -0.05) is 27.7 Å². The van der Waals surface area contributed by atoms with Crippen LogP contribution in [0.4, 0.5) is 5.95 Å². The lowest BCUT2D eigenvalue weighted by Gasteiger charge is -2.45. The first-order valence-corrected chi connectivity index (χ1v) is 8.06. The molecule has 2 fully saturated rings. The van der Waals surface area contributed by atoms with E-state index in [1.807, 2.05) is 0 Å². The van der Waals surface area contributed by atoms with E-state index in [0.29, 0.717) is 22.9 Å². The first-order valence-electron chi connectivity index (χ1n) is 8.06. The number of aryl methyl sites for hydroxylation is 1. The Kier molecular flexibility index (Phi) is 3.15. The molecule has 2 saturated carbocycles. The van der Waals surface area contributed by atoms with E-state index in [-0.39, 0.29) is 0 Å². The van der Waals surface area contributed by atoms with E-state index in [0.717, 1.165) is 11.6 Å². The summed E-state index contributed by atoms with van der Waals surface area (Å²) >= 11 is 0. The molecule has 1 heterocycles. The molecule has 0 saturated heterocycles. The normalized spacial score (nSPS) is 25.6. The maximum Gasteiger partial charge on any atom is 0.203 e. The van der Waals surface area contributed by atoms with Crippen LogP contribution in [-0.4, -0.2) is 15.6 Å². The maximum absolute atomic E-state index is 4.71. The zero-order chi connectivity index (χ0) is 14.5. The van der Waals surface area contributed by atoms with E-state index in [1.54, 1.807) is 0 Å². The van der Waals surface area contributed by atoms with Crippen molar-refractivity contribution in [3.63, 3.8) is 0 Å². The zero-order valence-corrected chi connectivity index (χ0v) is 13.7. The molecule has 112 valence electrons. The molecule has 0 aromatic carbocycles. The first kappa shape index (κ1) is 14.0. The van der Waals surface area contributed by atoms with Crippen LogP contribution in [0.15, 0.2) is 6.20 Å². The summed E-state index contributed by atoms with van der Waals surface area (Å²) in [7, 11) is 0. The SMILES string of the molecule is Cc1cn(C2CC2)c(NC2CC(C)(C)CC(C)(C)C2)n1. The molecule has 3 rings (SSSR count). The fourth-order valence-corrected chi connectivity index (χ4v) is 4.38. The van der Waals surface area contributed by atoms with Crippen LogP contribution in [0, 0.1) is 17.8 Å². The van der Waals surface area contributed by atoms with Crippen LogP contribution in [0.5, 0.6) is 0 Å². The highest BCUT2D eigenvalue weighted by molar-refractivity contribution is 5.32. The van der Waals surface area contributed by atoms with Crippen LogP contribution in [0.3, 0.4) is 0 Å². The van der Waals surface area contributed by atoms with Crippen LogP contribution in [0.25, 0.3) is 0 Å². The third-order valence-corrected chi connectivity index (χ3v) is 4.68. The Hall–Kier alpha value is -0.990. The number of nitrogens with one attached hydrogen (secondary N) is 1. The number of nitrogens with zero attached hydrogens (tertiary/aromatic N) is 2. The van der Waals surface area contributed by atoms with E-state index in [1.165, 1.54) is 32.1 Å². The lowest BCUT2D eigenvalue weighted by molar-refractivity contribution is 0.105. The van der Waals surface area contributed by atoms with Crippen LogP contribution in [0.2, 0.25) is 0 Å². The van der Waals surface area contributed by atoms with E-state index < -0.39 is 0 Å². The summed E-state index contributed by atoms with van der Waals surface area (Å²) in [6, 6.07) is 1.25. The molecule has 2 aliphatic rings. The van der Waals surface area contributed by atoms with Crippen molar-refractivity contribution in [2.75, 3.05) is 5.32 Å². The second kappa shape index (κ2) is 4.51. The Morgan fingerprint density at radius 1 is 1.15 bits per heavy atom. The lowest BCUT2D eigenvalue weighted by atomic mass is 9.63. The molecule has 3 nitrogen and oxygen atoms in total. The van der Waals surface area contributed by atoms with E-state index in [9.17, 15) is 0 Å². The molecule has 0 radical (unpaired) electrons. The average Bonchev–Trinajstić information content (AvgIpc) is 2.99. The van der Waals surface area contributed by atoms with Gasteiger partial charge in [-0.2, -0.15) is 0 Å². The predicted octanol–water partition coefficient (Wildman–Crippen LogP) is 4.54. The molecule has 20 heavy (non-hydrogen) atoms. The standard InChI is InChI=1S/C17H29N3/c1-12-10-20(14-6-7-14)15(18-12)19-13-8-16(2,3)11-17(4,5)9-13/h10,13-14H,6-9,11H2,1-5H3,(H,18,19). The van der Waals surface area contributed by atoms with Gasteiger partial charge in [-0.15, -0.1) is 0 Å². The minimum absolute atomic E-state index is 0.422. The Morgan fingerprint density at radius 2 is 1.75 bits per heavy atom. The number of aromatic nitrogens is 2. The monoisotopic (exact) mass is 275 g/mol. The molecule has 0 atom stereocenters. The van der Waals surface area contributed by atoms with Crippen molar-refractivity contribution in [3.8, 4) is 0 Å². The first-order chi connectivity index (χ1) is 9.24. The zero-order valence-electron chi connectivity index (χ0n) is 13.7. The summed E-state index contributed by atoms with van der Waals surface area (Å²) < 4.78 is 2.37. The van der Waals surface area contributed by atoms with Crippen molar-refractivity contribution < 1.29 is 0 Å². The number of imidazole rings is 1. The van der Waals surface area contributed by atoms with Gasteiger partial charge in [-0.3, -0.25) is 0 Å². The number of hydrogen-bond acceptors (Lipinski definition) is 2. The minimum Gasteiger partial charge on any atom is -0.353 e. The molecule has 3 heteroatoms. The van der Waals surface area contributed by atoms with E-state index in [2.05, 4.69) is 50.7 Å². The van der Waals surface area contributed by atoms with Gasteiger partial charge in [-0.25, -0.2) is 4.98 Å². The molecule has 1 aromatic rings. The van der Waals surface area contributed by atoms with Gasteiger partial charge in [-0.05, 0) is 49.9 Å². The lowest BCUT2D eigenvalue weighted by Crippen LogP contribution is -2.40. The van der Waals surface area contributed by atoms with Crippen LogP contribution in [-0.2, 0) is 0 Å². The highest BCUT2D eigenvalue weighted by atomic mass is 15.2. The molecule has 0 aliphatic heterocycles. The minimum atomic E-state index is 0.422. The summed E-state index contributed by atoms with van der Waals surface area (Å²) in [6.45, 7) is 11.7. The quantitative estimate of drug-likeness (QED) is 0.877. The molecule has 1 N–H and O–H groups in total. The molecular weight excluding hydrogens is 246 g/mol. The summed E-state index contributed by atoms with van der Waals surface area (Å²) in [5.74, 6) is 1.10. The van der Waals surface area contributed by atoms with Gasteiger partial charge in [0.05, 0.1) is 5.69 Å². The Morgan fingerprint density at radius 3 is 2.30 bits per heavy atom. The number of anilines is 1. The molecule has 1 aromatic heterocycles. The van der Waals surface area contributed by atoms with E-state index >= 15 is 0 Å². The summed E-state index contributed by atoms with van der Waals surface area (Å²) in [6.07, 6.45) is 8.63. The molecule has 2 aliphatic carbocycles. The van der Waals surface area contributed by atoms with E-state index in [4.69, 9.17) is 4.98 Å². The van der Waals surface area contributed by atoms with Crippen molar-refractivity contribution >= 4 is 5.95 Å². The topological polar surface area (TPSA) is 29.9 Å². The number of hydrogen-bond donors (Lipinski definition) is 1. The summed E-state index contributed by atoms with van der Waals surface area (Å²) in [5.41, 5.74) is 1.98. The van der Waals surface area contributed by atoms with Crippen molar-refractivity contribution in [1.82, 2.24) is 9.55 Å². The maximum atomic E-state index is 4.71. The van der Waals surface area contributed by atoms with Crippen molar-refractivity contribution in [2.24, 2.45) is 10.8 Å². The molecular formula is C17H29N3. The highest BCUT2D eigenvalue weighted by Gasteiger charge is 2.39. The third kappa shape index (κ3) is 3.02. The van der Waals surface area contributed by atoms with Gasteiger partial charge < -0.3 is 9.88 Å². The molecule has 0 bridgehead atoms. The second-order valence-electron chi connectivity index (χ2n) is 8.60. The van der Waals surface area contributed by atoms with Crippen molar-refractivity contribution in [2.45, 2.75) is 78.8 Å². The summed E-state index contributed by atoms with van der Waals surface area (Å²) in [5, 5.41) is 3.75. The van der Waals surface area contributed by atoms with Crippen molar-refractivity contribution in [3.05, 3.63) is 11.9 Å². The smallest absolute Gasteiger partial charge is 0.203 e. The fraction of sp³-hybridized carbons (Fsp3) is 0.824.